The highest BCUT2D eigenvalue weighted by atomic mass is 16.3. The molecule has 0 aliphatic carbocycles. The van der Waals surface area contributed by atoms with Crippen molar-refractivity contribution >= 4 is 11.6 Å². The van der Waals surface area contributed by atoms with Crippen LogP contribution in [-0.2, 0) is 11.2 Å². The van der Waals surface area contributed by atoms with Crippen LogP contribution < -0.4 is 4.90 Å². The summed E-state index contributed by atoms with van der Waals surface area (Å²) in [6, 6.07) is 8.02. The van der Waals surface area contributed by atoms with Crippen molar-refractivity contribution in [1.82, 2.24) is 0 Å². The Kier molecular flexibility index (Phi) is 3.44. The van der Waals surface area contributed by atoms with Gasteiger partial charge in [-0.25, -0.2) is 0 Å². The van der Waals surface area contributed by atoms with Gasteiger partial charge >= 0.3 is 0 Å². The number of rotatable bonds is 3. The highest BCUT2D eigenvalue weighted by Crippen LogP contribution is 2.40. The second-order valence-electron chi connectivity index (χ2n) is 5.45. The maximum atomic E-state index is 12.2. The first-order valence-corrected chi connectivity index (χ1v) is 6.54. The lowest BCUT2D eigenvalue weighted by atomic mass is 9.88. The fraction of sp³-hybridized carbons (Fsp3) is 0.533. The summed E-state index contributed by atoms with van der Waals surface area (Å²) in [7, 11) is 0. The summed E-state index contributed by atoms with van der Waals surface area (Å²) in [6.07, 6.45) is 1.33. The highest BCUT2D eigenvalue weighted by Gasteiger charge is 2.46. The van der Waals surface area contributed by atoms with Crippen molar-refractivity contribution in [3.63, 3.8) is 0 Å². The molecule has 0 radical (unpaired) electrons. The van der Waals surface area contributed by atoms with Crippen LogP contribution in [0.1, 0.15) is 32.8 Å². The van der Waals surface area contributed by atoms with E-state index >= 15 is 0 Å². The molecule has 1 fully saturated rings. The Bertz CT molecular complexity index is 454. The van der Waals surface area contributed by atoms with Crippen LogP contribution in [0, 0.1) is 5.92 Å². The Morgan fingerprint density at radius 3 is 2.61 bits per heavy atom. The van der Waals surface area contributed by atoms with Crippen LogP contribution in [0.15, 0.2) is 24.3 Å². The van der Waals surface area contributed by atoms with Gasteiger partial charge in [0.05, 0.1) is 0 Å². The van der Waals surface area contributed by atoms with Gasteiger partial charge in [-0.2, -0.15) is 0 Å². The van der Waals surface area contributed by atoms with E-state index in [1.54, 1.807) is 0 Å². The molecule has 1 aliphatic rings. The number of aliphatic hydroxyl groups excluding tert-OH is 1. The molecule has 1 aliphatic heterocycles. The fourth-order valence-electron chi connectivity index (χ4n) is 2.82. The number of carbonyl (C=O) groups excluding carboxylic acids is 1. The van der Waals surface area contributed by atoms with Crippen molar-refractivity contribution in [2.24, 2.45) is 5.92 Å². The van der Waals surface area contributed by atoms with Gasteiger partial charge in [-0.15, -0.1) is 0 Å². The van der Waals surface area contributed by atoms with Gasteiger partial charge in [0.1, 0.15) is 0 Å². The number of anilines is 1. The first-order chi connectivity index (χ1) is 8.52. The summed E-state index contributed by atoms with van der Waals surface area (Å²) in [5.41, 5.74) is 1.85. The van der Waals surface area contributed by atoms with Gasteiger partial charge in [-0.05, 0) is 31.9 Å². The molecule has 1 N–H and O–H groups in total. The zero-order chi connectivity index (χ0) is 13.3. The molecule has 1 aromatic carbocycles. The van der Waals surface area contributed by atoms with Gasteiger partial charge in [0, 0.05) is 30.2 Å². The van der Waals surface area contributed by atoms with E-state index in [1.165, 1.54) is 5.56 Å². The standard InChI is InChI=1S/C15H21NO2/c1-4-11-7-5-6-8-13(11)16-14(18)9-12(10-17)15(16,2)3/h5-8,12,17H,4,9-10H2,1-3H3. The number of hydrogen-bond acceptors (Lipinski definition) is 2. The van der Waals surface area contributed by atoms with E-state index in [0.717, 1.165) is 12.1 Å². The maximum Gasteiger partial charge on any atom is 0.227 e. The SMILES string of the molecule is CCc1ccccc1N1C(=O)CC(CO)C1(C)C. The summed E-state index contributed by atoms with van der Waals surface area (Å²) in [5.74, 6) is 0.120. The molecule has 98 valence electrons. The molecule has 0 aromatic heterocycles. The van der Waals surface area contributed by atoms with Crippen LogP contribution in [0.25, 0.3) is 0 Å². The van der Waals surface area contributed by atoms with Gasteiger partial charge in [-0.1, -0.05) is 25.1 Å². The Morgan fingerprint density at radius 2 is 2.06 bits per heavy atom. The molecule has 1 atom stereocenters. The van der Waals surface area contributed by atoms with Crippen molar-refractivity contribution in [2.45, 2.75) is 39.2 Å². The van der Waals surface area contributed by atoms with Crippen LogP contribution in [0.5, 0.6) is 0 Å². The van der Waals surface area contributed by atoms with E-state index in [4.69, 9.17) is 0 Å². The Morgan fingerprint density at radius 1 is 1.39 bits per heavy atom. The van der Waals surface area contributed by atoms with Gasteiger partial charge in [0.2, 0.25) is 5.91 Å². The van der Waals surface area contributed by atoms with Gasteiger partial charge in [0.25, 0.3) is 0 Å². The van der Waals surface area contributed by atoms with Crippen molar-refractivity contribution in [1.29, 1.82) is 0 Å². The van der Waals surface area contributed by atoms with Crippen LogP contribution in [-0.4, -0.2) is 23.2 Å². The van der Waals surface area contributed by atoms with E-state index in [-0.39, 0.29) is 24.0 Å². The maximum absolute atomic E-state index is 12.2. The zero-order valence-electron chi connectivity index (χ0n) is 11.3. The summed E-state index contributed by atoms with van der Waals surface area (Å²) in [5, 5.41) is 9.43. The minimum Gasteiger partial charge on any atom is -0.396 e. The molecule has 1 aromatic rings. The van der Waals surface area contributed by atoms with Crippen molar-refractivity contribution < 1.29 is 9.90 Å². The third-order valence-corrected chi connectivity index (χ3v) is 4.08. The minimum absolute atomic E-state index is 0.00918. The molecule has 0 bridgehead atoms. The molecule has 3 heteroatoms. The average Bonchev–Trinajstić information content (AvgIpc) is 2.58. The van der Waals surface area contributed by atoms with Crippen LogP contribution >= 0.6 is 0 Å². The average molecular weight is 247 g/mol. The number of carbonyl (C=O) groups is 1. The molecule has 2 rings (SSSR count). The van der Waals surface area contributed by atoms with Gasteiger partial charge in [0.15, 0.2) is 0 Å². The predicted octanol–water partition coefficient (Wildman–Crippen LogP) is 2.37. The van der Waals surface area contributed by atoms with Crippen LogP contribution in [0.3, 0.4) is 0 Å². The fourth-order valence-corrected chi connectivity index (χ4v) is 2.82. The number of nitrogens with zero attached hydrogens (tertiary/aromatic N) is 1. The van der Waals surface area contributed by atoms with Gasteiger partial charge in [-0.3, -0.25) is 4.79 Å². The van der Waals surface area contributed by atoms with Crippen LogP contribution in [0.2, 0.25) is 0 Å². The number of para-hydroxylation sites is 1. The number of amides is 1. The number of benzene rings is 1. The minimum atomic E-state index is -0.322. The Labute approximate surface area is 108 Å². The normalized spacial score (nSPS) is 22.6. The van der Waals surface area contributed by atoms with E-state index in [1.807, 2.05) is 36.9 Å². The molecule has 1 amide bonds. The molecule has 3 nitrogen and oxygen atoms in total. The summed E-state index contributed by atoms with van der Waals surface area (Å²) in [4.78, 5) is 14.1. The van der Waals surface area contributed by atoms with Crippen molar-refractivity contribution in [3.05, 3.63) is 29.8 Å². The lowest BCUT2D eigenvalue weighted by molar-refractivity contribution is -0.117. The van der Waals surface area contributed by atoms with Crippen LogP contribution in [0.4, 0.5) is 5.69 Å². The molecule has 0 spiro atoms. The third-order valence-electron chi connectivity index (χ3n) is 4.08. The first kappa shape index (κ1) is 13.1. The predicted molar refractivity (Wildman–Crippen MR) is 72.6 cm³/mol. The smallest absolute Gasteiger partial charge is 0.227 e. The molecule has 1 unspecified atom stereocenters. The molecule has 0 saturated carbocycles. The topological polar surface area (TPSA) is 40.5 Å². The second-order valence-corrected chi connectivity index (χ2v) is 5.45. The van der Waals surface area contributed by atoms with E-state index in [9.17, 15) is 9.90 Å². The van der Waals surface area contributed by atoms with E-state index in [0.29, 0.717) is 6.42 Å². The quantitative estimate of drug-likeness (QED) is 0.891. The summed E-state index contributed by atoms with van der Waals surface area (Å²) < 4.78 is 0. The molecular weight excluding hydrogens is 226 g/mol. The van der Waals surface area contributed by atoms with E-state index in [2.05, 4.69) is 13.0 Å². The number of aliphatic hydroxyl groups is 1. The first-order valence-electron chi connectivity index (χ1n) is 6.54. The molecule has 1 heterocycles. The van der Waals surface area contributed by atoms with Crippen molar-refractivity contribution in [2.75, 3.05) is 11.5 Å². The third kappa shape index (κ3) is 1.93. The van der Waals surface area contributed by atoms with Gasteiger partial charge < -0.3 is 10.0 Å². The molecule has 1 saturated heterocycles. The lowest BCUT2D eigenvalue weighted by Gasteiger charge is -2.36. The Balaban J connectivity index is 2.46. The number of aryl methyl sites for hydroxylation is 1. The van der Waals surface area contributed by atoms with E-state index < -0.39 is 0 Å². The summed E-state index contributed by atoms with van der Waals surface area (Å²) >= 11 is 0. The number of hydrogen-bond donors (Lipinski definition) is 1. The molecular formula is C15H21NO2. The van der Waals surface area contributed by atoms with Crippen molar-refractivity contribution in [3.8, 4) is 0 Å². The summed E-state index contributed by atoms with van der Waals surface area (Å²) in [6.45, 7) is 6.22. The zero-order valence-corrected chi connectivity index (χ0v) is 11.3. The second kappa shape index (κ2) is 4.73. The monoisotopic (exact) mass is 247 g/mol. The lowest BCUT2D eigenvalue weighted by Crippen LogP contribution is -2.45. The largest absolute Gasteiger partial charge is 0.396 e. The highest BCUT2D eigenvalue weighted by molar-refractivity contribution is 5.98. The molecule has 18 heavy (non-hydrogen) atoms. The Hall–Kier alpha value is -1.35.